The van der Waals surface area contributed by atoms with E-state index in [-0.39, 0.29) is 16.4 Å². The lowest BCUT2D eigenvalue weighted by Gasteiger charge is -2.35. The summed E-state index contributed by atoms with van der Waals surface area (Å²) in [6.45, 7) is 3.12. The number of hydrogen-bond donors (Lipinski definition) is 0. The maximum Gasteiger partial charge on any atom is 0.292 e. The van der Waals surface area contributed by atoms with Gasteiger partial charge in [-0.05, 0) is 18.2 Å². The third kappa shape index (κ3) is 3.49. The van der Waals surface area contributed by atoms with Crippen LogP contribution in [0.5, 0.6) is 0 Å². The number of para-hydroxylation sites is 2. The normalized spacial score (nSPS) is 15.5. The van der Waals surface area contributed by atoms with Crippen LogP contribution in [0.25, 0.3) is 0 Å². The van der Waals surface area contributed by atoms with Crippen LogP contribution in [0.2, 0.25) is 5.02 Å². The standard InChI is InChI=1S/C17H17ClFN3O2/c18-14-4-3-5-15(19)13(14)12-20-8-10-21(11-9-20)16-6-1-2-7-17(16)22(23)24/h1-7H,8-12H2. The monoisotopic (exact) mass is 349 g/mol. The molecule has 24 heavy (non-hydrogen) atoms. The number of nitrogens with zero attached hydrogens (tertiary/aromatic N) is 3. The van der Waals surface area contributed by atoms with Crippen LogP contribution in [0.15, 0.2) is 42.5 Å². The number of nitro groups is 1. The van der Waals surface area contributed by atoms with Crippen molar-refractivity contribution < 1.29 is 9.31 Å². The molecule has 0 amide bonds. The summed E-state index contributed by atoms with van der Waals surface area (Å²) < 4.78 is 13.9. The van der Waals surface area contributed by atoms with Crippen LogP contribution in [0.1, 0.15) is 5.56 Å². The van der Waals surface area contributed by atoms with E-state index in [1.54, 1.807) is 30.3 Å². The van der Waals surface area contributed by atoms with Gasteiger partial charge in [0.25, 0.3) is 5.69 Å². The fourth-order valence-electron chi connectivity index (χ4n) is 2.94. The van der Waals surface area contributed by atoms with Crippen molar-refractivity contribution in [2.75, 3.05) is 31.1 Å². The quantitative estimate of drug-likeness (QED) is 0.623. The Morgan fingerprint density at radius 1 is 1.08 bits per heavy atom. The summed E-state index contributed by atoms with van der Waals surface area (Å²) >= 11 is 6.08. The molecule has 0 spiro atoms. The molecule has 2 aromatic rings. The molecule has 0 radical (unpaired) electrons. The molecular formula is C17H17ClFN3O2. The lowest BCUT2D eigenvalue weighted by Crippen LogP contribution is -2.46. The highest BCUT2D eigenvalue weighted by Gasteiger charge is 2.24. The first-order chi connectivity index (χ1) is 11.6. The average molecular weight is 350 g/mol. The molecule has 0 aromatic heterocycles. The van der Waals surface area contributed by atoms with Gasteiger partial charge in [0.1, 0.15) is 11.5 Å². The van der Waals surface area contributed by atoms with Gasteiger partial charge in [0.05, 0.1) is 4.92 Å². The molecular weight excluding hydrogens is 333 g/mol. The van der Waals surface area contributed by atoms with Crippen LogP contribution in [-0.4, -0.2) is 36.0 Å². The zero-order chi connectivity index (χ0) is 17.1. The Morgan fingerprint density at radius 3 is 2.46 bits per heavy atom. The summed E-state index contributed by atoms with van der Waals surface area (Å²) in [4.78, 5) is 14.9. The van der Waals surface area contributed by atoms with E-state index in [0.29, 0.717) is 49.0 Å². The third-order valence-corrected chi connectivity index (χ3v) is 4.59. The fraction of sp³-hybridized carbons (Fsp3) is 0.294. The largest absolute Gasteiger partial charge is 0.363 e. The van der Waals surface area contributed by atoms with Crippen molar-refractivity contribution in [3.8, 4) is 0 Å². The van der Waals surface area contributed by atoms with Crippen LogP contribution in [0.3, 0.4) is 0 Å². The zero-order valence-corrected chi connectivity index (χ0v) is 13.7. The van der Waals surface area contributed by atoms with Crippen LogP contribution in [0, 0.1) is 15.9 Å². The summed E-state index contributed by atoms with van der Waals surface area (Å²) in [7, 11) is 0. The first kappa shape index (κ1) is 16.7. The van der Waals surface area contributed by atoms with Gasteiger partial charge in [-0.25, -0.2) is 4.39 Å². The van der Waals surface area contributed by atoms with Crippen molar-refractivity contribution >= 4 is 23.0 Å². The van der Waals surface area contributed by atoms with Gasteiger partial charge in [0.15, 0.2) is 0 Å². The summed E-state index contributed by atoms with van der Waals surface area (Å²) in [6, 6.07) is 11.4. The Morgan fingerprint density at radius 2 is 1.79 bits per heavy atom. The van der Waals surface area contributed by atoms with E-state index in [2.05, 4.69) is 4.90 Å². The van der Waals surface area contributed by atoms with Crippen molar-refractivity contribution in [1.29, 1.82) is 0 Å². The van der Waals surface area contributed by atoms with Crippen molar-refractivity contribution in [1.82, 2.24) is 4.90 Å². The van der Waals surface area contributed by atoms with E-state index >= 15 is 0 Å². The smallest absolute Gasteiger partial charge is 0.292 e. The van der Waals surface area contributed by atoms with Crippen molar-refractivity contribution in [2.45, 2.75) is 6.54 Å². The predicted octanol–water partition coefficient (Wildman–Crippen LogP) is 3.71. The molecule has 0 N–H and O–H groups in total. The number of rotatable bonds is 4. The van der Waals surface area contributed by atoms with Crippen LogP contribution >= 0.6 is 11.6 Å². The lowest BCUT2D eigenvalue weighted by molar-refractivity contribution is -0.384. The van der Waals surface area contributed by atoms with Crippen LogP contribution in [0.4, 0.5) is 15.8 Å². The number of anilines is 1. The first-order valence-corrected chi connectivity index (χ1v) is 8.07. The lowest BCUT2D eigenvalue weighted by atomic mass is 10.1. The van der Waals surface area contributed by atoms with Gasteiger partial charge in [0, 0.05) is 49.4 Å². The molecule has 1 aliphatic heterocycles. The minimum absolute atomic E-state index is 0.114. The Hall–Kier alpha value is -2.18. The average Bonchev–Trinajstić information content (AvgIpc) is 2.59. The summed E-state index contributed by atoms with van der Waals surface area (Å²) in [5.41, 5.74) is 1.24. The molecule has 126 valence electrons. The van der Waals surface area contributed by atoms with E-state index < -0.39 is 0 Å². The van der Waals surface area contributed by atoms with E-state index in [9.17, 15) is 14.5 Å². The second kappa shape index (κ2) is 7.15. The van der Waals surface area contributed by atoms with Gasteiger partial charge in [-0.2, -0.15) is 0 Å². The maximum atomic E-state index is 13.9. The van der Waals surface area contributed by atoms with E-state index in [0.717, 1.165) is 0 Å². The van der Waals surface area contributed by atoms with Gasteiger partial charge >= 0.3 is 0 Å². The first-order valence-electron chi connectivity index (χ1n) is 7.70. The molecule has 0 bridgehead atoms. The topological polar surface area (TPSA) is 49.6 Å². The molecule has 0 unspecified atom stereocenters. The van der Waals surface area contributed by atoms with Crippen molar-refractivity contribution in [2.24, 2.45) is 0 Å². The second-order valence-corrected chi connectivity index (χ2v) is 6.12. The molecule has 2 aromatic carbocycles. The van der Waals surface area contributed by atoms with Gasteiger partial charge in [-0.15, -0.1) is 0 Å². The molecule has 0 aliphatic carbocycles. The number of nitro benzene ring substituents is 1. The molecule has 1 aliphatic rings. The number of hydrogen-bond acceptors (Lipinski definition) is 4. The molecule has 1 saturated heterocycles. The van der Waals surface area contributed by atoms with E-state index in [1.165, 1.54) is 12.1 Å². The minimum Gasteiger partial charge on any atom is -0.363 e. The number of piperazine rings is 1. The summed E-state index contributed by atoms with van der Waals surface area (Å²) in [5, 5.41) is 11.6. The molecule has 0 saturated carbocycles. The Kier molecular flexibility index (Phi) is 4.97. The summed E-state index contributed by atoms with van der Waals surface area (Å²) in [5.74, 6) is -0.302. The second-order valence-electron chi connectivity index (χ2n) is 5.71. The van der Waals surface area contributed by atoms with Crippen LogP contribution < -0.4 is 4.90 Å². The summed E-state index contributed by atoms with van der Waals surface area (Å²) in [6.07, 6.45) is 0. The highest BCUT2D eigenvalue weighted by atomic mass is 35.5. The highest BCUT2D eigenvalue weighted by Crippen LogP contribution is 2.29. The fourth-order valence-corrected chi connectivity index (χ4v) is 3.16. The van der Waals surface area contributed by atoms with Gasteiger partial charge in [-0.3, -0.25) is 15.0 Å². The molecule has 5 nitrogen and oxygen atoms in total. The Balaban J connectivity index is 1.67. The molecule has 7 heteroatoms. The minimum atomic E-state index is -0.360. The van der Waals surface area contributed by atoms with Gasteiger partial charge in [-0.1, -0.05) is 29.8 Å². The predicted molar refractivity (Wildman–Crippen MR) is 92.0 cm³/mol. The molecule has 1 heterocycles. The molecule has 1 fully saturated rings. The van der Waals surface area contributed by atoms with E-state index in [4.69, 9.17) is 11.6 Å². The molecule has 0 atom stereocenters. The van der Waals surface area contributed by atoms with Gasteiger partial charge in [0.2, 0.25) is 0 Å². The number of benzene rings is 2. The van der Waals surface area contributed by atoms with Crippen molar-refractivity contribution in [3.05, 3.63) is 69.0 Å². The maximum absolute atomic E-state index is 13.9. The molecule has 3 rings (SSSR count). The number of halogens is 2. The highest BCUT2D eigenvalue weighted by molar-refractivity contribution is 6.31. The zero-order valence-electron chi connectivity index (χ0n) is 13.0. The van der Waals surface area contributed by atoms with Crippen molar-refractivity contribution in [3.63, 3.8) is 0 Å². The Bertz CT molecular complexity index is 728. The van der Waals surface area contributed by atoms with Gasteiger partial charge < -0.3 is 4.90 Å². The third-order valence-electron chi connectivity index (χ3n) is 4.23. The van der Waals surface area contributed by atoms with Crippen LogP contribution in [-0.2, 0) is 6.54 Å². The van der Waals surface area contributed by atoms with E-state index in [1.807, 2.05) is 4.90 Å². The Labute approximate surface area is 144 Å². The SMILES string of the molecule is O=[N+]([O-])c1ccccc1N1CCN(Cc2c(F)cccc2Cl)CC1.